The average molecular weight is 488 g/mol. The Morgan fingerprint density at radius 2 is 1.78 bits per heavy atom. The first kappa shape index (κ1) is 25.1. The molecule has 188 valence electrons. The fourth-order valence-corrected chi connectivity index (χ4v) is 4.49. The zero-order chi connectivity index (χ0) is 25.7. The van der Waals surface area contributed by atoms with Crippen LogP contribution in [0, 0.1) is 6.92 Å². The molecule has 1 aromatic heterocycles. The fourth-order valence-electron chi connectivity index (χ4n) is 4.49. The van der Waals surface area contributed by atoms with E-state index in [2.05, 4.69) is 5.32 Å². The highest BCUT2D eigenvalue weighted by atomic mass is 16.5. The van der Waals surface area contributed by atoms with Crippen molar-refractivity contribution in [3.8, 4) is 17.2 Å². The summed E-state index contributed by atoms with van der Waals surface area (Å²) in [6.45, 7) is 5.79. The second kappa shape index (κ2) is 11.2. The highest BCUT2D eigenvalue weighted by Gasteiger charge is 2.19. The minimum absolute atomic E-state index is 0.165. The Labute approximate surface area is 211 Å². The lowest BCUT2D eigenvalue weighted by atomic mass is 10.1. The first-order chi connectivity index (χ1) is 17.5. The van der Waals surface area contributed by atoms with E-state index in [1.54, 1.807) is 14.2 Å². The van der Waals surface area contributed by atoms with Crippen LogP contribution in [-0.4, -0.2) is 31.4 Å². The lowest BCUT2D eigenvalue weighted by Crippen LogP contribution is -2.28. The van der Waals surface area contributed by atoms with Crippen LogP contribution in [0.5, 0.6) is 17.2 Å². The average Bonchev–Trinajstić information content (AvgIpc) is 3.18. The molecule has 36 heavy (non-hydrogen) atoms. The molecule has 0 aliphatic rings. The number of aromatic nitrogens is 1. The number of rotatable bonds is 11. The summed E-state index contributed by atoms with van der Waals surface area (Å²) >= 11 is 0. The molecule has 0 saturated carbocycles. The normalized spacial score (nSPS) is 11.0. The first-order valence-corrected chi connectivity index (χ1v) is 11.9. The maximum absolute atomic E-state index is 12.4. The number of aryl methyl sites for hydroxylation is 1. The van der Waals surface area contributed by atoms with E-state index >= 15 is 0 Å². The third-order valence-corrected chi connectivity index (χ3v) is 6.32. The van der Waals surface area contributed by atoms with E-state index in [0.717, 1.165) is 27.6 Å². The Kier molecular flexibility index (Phi) is 7.80. The minimum atomic E-state index is -1.21. The van der Waals surface area contributed by atoms with Crippen LogP contribution >= 0.6 is 0 Å². The van der Waals surface area contributed by atoms with Gasteiger partial charge >= 0.3 is 0 Å². The molecule has 7 heteroatoms. The third kappa shape index (κ3) is 5.16. The molecule has 0 atom stereocenters. The summed E-state index contributed by atoms with van der Waals surface area (Å²) in [5.74, 6) is 0.805. The van der Waals surface area contributed by atoms with Gasteiger partial charge in [0.15, 0.2) is 11.5 Å². The van der Waals surface area contributed by atoms with Crippen molar-refractivity contribution in [2.45, 2.75) is 33.5 Å². The monoisotopic (exact) mass is 487 g/mol. The van der Waals surface area contributed by atoms with Crippen LogP contribution in [0.15, 0.2) is 60.7 Å². The van der Waals surface area contributed by atoms with E-state index in [1.807, 2.05) is 79.1 Å². The van der Waals surface area contributed by atoms with Gasteiger partial charge in [-0.2, -0.15) is 0 Å². The van der Waals surface area contributed by atoms with E-state index in [0.29, 0.717) is 49.1 Å². The van der Waals surface area contributed by atoms with Gasteiger partial charge in [-0.3, -0.25) is 0 Å². The van der Waals surface area contributed by atoms with Gasteiger partial charge in [0.05, 0.1) is 38.0 Å². The molecule has 0 unspecified atom stereocenters. The van der Waals surface area contributed by atoms with Crippen molar-refractivity contribution in [3.63, 3.8) is 0 Å². The smallest absolute Gasteiger partial charge is 0.161 e. The topological polar surface area (TPSA) is 84.8 Å². The molecule has 3 aromatic carbocycles. The molecule has 0 aliphatic heterocycles. The van der Waals surface area contributed by atoms with Crippen molar-refractivity contribution in [2.75, 3.05) is 20.8 Å². The number of fused-ring (bicyclic) bond motifs is 1. The zero-order valence-corrected chi connectivity index (χ0v) is 21.1. The number of ether oxygens (including phenoxy) is 3. The standard InChI is InChI=1S/C29H32N2O5/c1-5-36-26-13-10-20(14-27(26)35-4)16-30-17-24-23-12-11-22(34-3)15-25(23)31(28(24)29(32)33)18-21-9-7-6-8-19(21)2/h6-15,30H,5,16-18H2,1-4H3,(H,32,33)/p-1. The van der Waals surface area contributed by atoms with Gasteiger partial charge in [0.25, 0.3) is 0 Å². The van der Waals surface area contributed by atoms with Crippen molar-refractivity contribution in [2.24, 2.45) is 0 Å². The van der Waals surface area contributed by atoms with Crippen molar-refractivity contribution in [1.29, 1.82) is 0 Å². The highest BCUT2D eigenvalue weighted by molar-refractivity contribution is 5.98. The summed E-state index contributed by atoms with van der Waals surface area (Å²) < 4.78 is 18.3. The van der Waals surface area contributed by atoms with Gasteiger partial charge in [0.2, 0.25) is 0 Å². The second-order valence-corrected chi connectivity index (χ2v) is 8.53. The second-order valence-electron chi connectivity index (χ2n) is 8.53. The largest absolute Gasteiger partial charge is 0.543 e. The molecule has 7 nitrogen and oxygen atoms in total. The Bertz CT molecular complexity index is 1380. The SMILES string of the molecule is CCOc1ccc(CNCc2c(C(=O)[O-])n(Cc3ccccc3C)c3cc(OC)ccc23)cc1OC. The first-order valence-electron chi connectivity index (χ1n) is 11.9. The van der Waals surface area contributed by atoms with Gasteiger partial charge in [-0.25, -0.2) is 0 Å². The molecular weight excluding hydrogens is 456 g/mol. The van der Waals surface area contributed by atoms with E-state index in [-0.39, 0.29) is 5.69 Å². The molecule has 1 heterocycles. The van der Waals surface area contributed by atoms with Crippen LogP contribution in [0.1, 0.15) is 39.7 Å². The van der Waals surface area contributed by atoms with E-state index < -0.39 is 5.97 Å². The Hall–Kier alpha value is -3.97. The molecule has 4 aromatic rings. The number of carbonyl (C=O) groups excluding carboxylic acids is 1. The van der Waals surface area contributed by atoms with Crippen LogP contribution in [0.3, 0.4) is 0 Å². The van der Waals surface area contributed by atoms with Crippen molar-refractivity contribution in [3.05, 3.63) is 88.6 Å². The summed E-state index contributed by atoms with van der Waals surface area (Å²) in [5, 5.41) is 16.7. The molecule has 0 radical (unpaired) electrons. The number of aromatic carboxylic acids is 1. The number of carbonyl (C=O) groups is 1. The van der Waals surface area contributed by atoms with Crippen LogP contribution in [-0.2, 0) is 19.6 Å². The molecule has 4 rings (SSSR count). The molecule has 0 aliphatic carbocycles. The van der Waals surface area contributed by atoms with Gasteiger partial charge in [-0.05, 0) is 54.8 Å². The number of benzene rings is 3. The summed E-state index contributed by atoms with van der Waals surface area (Å²) in [6, 6.07) is 19.4. The molecular formula is C29H31N2O5-. The molecule has 0 amide bonds. The number of carboxylic acid groups (broad SMARTS) is 1. The van der Waals surface area contributed by atoms with E-state index in [9.17, 15) is 9.90 Å². The predicted molar refractivity (Wildman–Crippen MR) is 138 cm³/mol. The number of hydrogen-bond donors (Lipinski definition) is 1. The zero-order valence-electron chi connectivity index (χ0n) is 21.1. The molecule has 0 saturated heterocycles. The summed E-state index contributed by atoms with van der Waals surface area (Å²) in [5.41, 5.74) is 4.76. The number of nitrogens with zero attached hydrogens (tertiary/aromatic N) is 1. The van der Waals surface area contributed by atoms with Gasteiger partial charge in [-0.1, -0.05) is 30.3 Å². The minimum Gasteiger partial charge on any atom is -0.543 e. The lowest BCUT2D eigenvalue weighted by Gasteiger charge is -2.15. The maximum Gasteiger partial charge on any atom is 0.161 e. The molecule has 1 N–H and O–H groups in total. The van der Waals surface area contributed by atoms with Crippen LogP contribution < -0.4 is 24.6 Å². The van der Waals surface area contributed by atoms with Gasteiger partial charge in [-0.15, -0.1) is 0 Å². The lowest BCUT2D eigenvalue weighted by molar-refractivity contribution is -0.255. The maximum atomic E-state index is 12.4. The fraction of sp³-hybridized carbons (Fsp3) is 0.276. The van der Waals surface area contributed by atoms with Gasteiger partial charge < -0.3 is 34.0 Å². The number of methoxy groups -OCH3 is 2. The van der Waals surface area contributed by atoms with Gasteiger partial charge in [0, 0.05) is 36.7 Å². The van der Waals surface area contributed by atoms with Crippen LogP contribution in [0.25, 0.3) is 10.9 Å². The van der Waals surface area contributed by atoms with E-state index in [4.69, 9.17) is 14.2 Å². The van der Waals surface area contributed by atoms with Crippen LogP contribution in [0.2, 0.25) is 0 Å². The quantitative estimate of drug-likeness (QED) is 0.343. The van der Waals surface area contributed by atoms with Crippen molar-refractivity contribution >= 4 is 16.9 Å². The Morgan fingerprint density at radius 3 is 2.47 bits per heavy atom. The summed E-state index contributed by atoms with van der Waals surface area (Å²) in [4.78, 5) is 12.4. The Morgan fingerprint density at radius 1 is 0.972 bits per heavy atom. The number of carboxylic acids is 1. The molecule has 0 bridgehead atoms. The molecule has 0 spiro atoms. The predicted octanol–water partition coefficient (Wildman–Crippen LogP) is 4.07. The Balaban J connectivity index is 1.68. The molecule has 0 fully saturated rings. The number of hydrogen-bond acceptors (Lipinski definition) is 6. The number of nitrogens with one attached hydrogen (secondary N) is 1. The third-order valence-electron chi connectivity index (χ3n) is 6.32. The summed E-state index contributed by atoms with van der Waals surface area (Å²) in [6.07, 6.45) is 0. The van der Waals surface area contributed by atoms with Gasteiger partial charge in [0.1, 0.15) is 5.75 Å². The van der Waals surface area contributed by atoms with E-state index in [1.165, 1.54) is 0 Å². The highest BCUT2D eigenvalue weighted by Crippen LogP contribution is 2.31. The van der Waals surface area contributed by atoms with Crippen molar-refractivity contribution in [1.82, 2.24) is 9.88 Å². The van der Waals surface area contributed by atoms with Crippen molar-refractivity contribution < 1.29 is 24.1 Å². The van der Waals surface area contributed by atoms with Crippen LogP contribution in [0.4, 0.5) is 0 Å². The summed E-state index contributed by atoms with van der Waals surface area (Å²) in [7, 11) is 3.21.